The van der Waals surface area contributed by atoms with Crippen LogP contribution in [0.3, 0.4) is 0 Å². The molecule has 4 nitrogen and oxygen atoms in total. The van der Waals surface area contributed by atoms with E-state index < -0.39 is 10.0 Å². The van der Waals surface area contributed by atoms with Gasteiger partial charge in [0, 0.05) is 30.6 Å². The standard InChI is InChI=1S/C16H20N2O2S2/c19-22(20,13-9-14-4-2-1-3-5-14)18(15-6-7-15)11-8-16-17-10-12-21-16/h1-5,10,12,15H,6-9,11,13H2. The van der Waals surface area contributed by atoms with Crippen LogP contribution in [0.4, 0.5) is 0 Å². The lowest BCUT2D eigenvalue weighted by molar-refractivity contribution is 0.407. The molecule has 0 saturated heterocycles. The summed E-state index contributed by atoms with van der Waals surface area (Å²) in [5, 5.41) is 2.93. The fraction of sp³-hybridized carbons (Fsp3) is 0.438. The smallest absolute Gasteiger partial charge is 0.214 e. The molecule has 22 heavy (non-hydrogen) atoms. The van der Waals surface area contributed by atoms with Crippen LogP contribution in [0, 0.1) is 0 Å². The third kappa shape index (κ3) is 4.15. The Hall–Kier alpha value is -1.24. The van der Waals surface area contributed by atoms with Gasteiger partial charge < -0.3 is 0 Å². The van der Waals surface area contributed by atoms with Gasteiger partial charge in [-0.15, -0.1) is 11.3 Å². The number of benzene rings is 1. The summed E-state index contributed by atoms with van der Waals surface area (Å²) in [6.45, 7) is 0.551. The van der Waals surface area contributed by atoms with E-state index in [1.807, 2.05) is 35.7 Å². The largest absolute Gasteiger partial charge is 0.250 e. The Morgan fingerprint density at radius 2 is 1.95 bits per heavy atom. The molecule has 6 heteroatoms. The van der Waals surface area contributed by atoms with Crippen molar-refractivity contribution in [2.75, 3.05) is 12.3 Å². The van der Waals surface area contributed by atoms with E-state index in [1.165, 1.54) is 0 Å². The molecule has 0 radical (unpaired) electrons. The molecule has 0 bridgehead atoms. The second-order valence-corrected chi connectivity index (χ2v) is 8.59. The molecule has 0 aliphatic heterocycles. The van der Waals surface area contributed by atoms with Crippen molar-refractivity contribution < 1.29 is 8.42 Å². The number of hydrogen-bond donors (Lipinski definition) is 0. The van der Waals surface area contributed by atoms with Gasteiger partial charge in [-0.1, -0.05) is 30.3 Å². The van der Waals surface area contributed by atoms with Gasteiger partial charge in [-0.25, -0.2) is 13.4 Å². The maximum atomic E-state index is 12.7. The second kappa shape index (κ2) is 6.89. The van der Waals surface area contributed by atoms with E-state index >= 15 is 0 Å². The summed E-state index contributed by atoms with van der Waals surface area (Å²) in [4.78, 5) is 4.24. The zero-order valence-electron chi connectivity index (χ0n) is 12.4. The van der Waals surface area contributed by atoms with Crippen LogP contribution in [-0.2, 0) is 22.9 Å². The summed E-state index contributed by atoms with van der Waals surface area (Å²) >= 11 is 1.59. The van der Waals surface area contributed by atoms with Crippen molar-refractivity contribution >= 4 is 21.4 Å². The fourth-order valence-corrected chi connectivity index (χ4v) is 4.87. The predicted octanol–water partition coefficient (Wildman–Crippen LogP) is 2.72. The molecule has 1 fully saturated rings. The Labute approximate surface area is 135 Å². The molecule has 0 unspecified atom stereocenters. The zero-order valence-corrected chi connectivity index (χ0v) is 14.0. The summed E-state index contributed by atoms with van der Waals surface area (Å²) < 4.78 is 27.0. The van der Waals surface area contributed by atoms with E-state index in [1.54, 1.807) is 21.8 Å². The van der Waals surface area contributed by atoms with E-state index in [0.717, 1.165) is 23.4 Å². The quantitative estimate of drug-likeness (QED) is 0.745. The van der Waals surface area contributed by atoms with Gasteiger partial charge in [-0.3, -0.25) is 0 Å². The van der Waals surface area contributed by atoms with Gasteiger partial charge in [0.05, 0.1) is 10.8 Å². The molecule has 118 valence electrons. The Bertz CT molecular complexity index is 680. The van der Waals surface area contributed by atoms with Gasteiger partial charge in [-0.05, 0) is 24.8 Å². The molecular weight excluding hydrogens is 316 g/mol. The molecular formula is C16H20N2O2S2. The number of rotatable bonds is 8. The number of aromatic nitrogens is 1. The van der Waals surface area contributed by atoms with Gasteiger partial charge in [0.1, 0.15) is 0 Å². The van der Waals surface area contributed by atoms with E-state index in [4.69, 9.17) is 0 Å². The summed E-state index contributed by atoms with van der Waals surface area (Å²) in [6, 6.07) is 10.0. The number of thiazole rings is 1. The molecule has 1 aromatic carbocycles. The third-order valence-corrected chi connectivity index (χ3v) is 6.59. The normalized spacial score (nSPS) is 15.3. The molecule has 1 aliphatic rings. The highest BCUT2D eigenvalue weighted by Crippen LogP contribution is 2.30. The topological polar surface area (TPSA) is 50.3 Å². The van der Waals surface area contributed by atoms with E-state index in [0.29, 0.717) is 19.4 Å². The lowest BCUT2D eigenvalue weighted by Crippen LogP contribution is -2.37. The Kier molecular flexibility index (Phi) is 4.90. The average molecular weight is 336 g/mol. The fourth-order valence-electron chi connectivity index (χ4n) is 2.50. The Balaban J connectivity index is 1.62. The van der Waals surface area contributed by atoms with Gasteiger partial charge in [0.2, 0.25) is 10.0 Å². The highest BCUT2D eigenvalue weighted by molar-refractivity contribution is 7.89. The molecule has 3 rings (SSSR count). The Morgan fingerprint density at radius 3 is 2.59 bits per heavy atom. The number of aryl methyl sites for hydroxylation is 1. The molecule has 1 aliphatic carbocycles. The van der Waals surface area contributed by atoms with Crippen LogP contribution in [0.25, 0.3) is 0 Å². The van der Waals surface area contributed by atoms with Crippen molar-refractivity contribution in [1.29, 1.82) is 0 Å². The van der Waals surface area contributed by atoms with Crippen molar-refractivity contribution in [2.45, 2.75) is 31.7 Å². The van der Waals surface area contributed by atoms with Crippen LogP contribution in [-0.4, -0.2) is 36.0 Å². The van der Waals surface area contributed by atoms with E-state index in [9.17, 15) is 8.42 Å². The average Bonchev–Trinajstić information content (AvgIpc) is 3.21. The highest BCUT2D eigenvalue weighted by atomic mass is 32.2. The summed E-state index contributed by atoms with van der Waals surface area (Å²) in [5.74, 6) is 0.186. The predicted molar refractivity (Wildman–Crippen MR) is 89.5 cm³/mol. The van der Waals surface area contributed by atoms with Gasteiger partial charge in [-0.2, -0.15) is 4.31 Å². The number of hydrogen-bond acceptors (Lipinski definition) is 4. The first-order valence-corrected chi connectivity index (χ1v) is 10.1. The van der Waals surface area contributed by atoms with Crippen molar-refractivity contribution in [1.82, 2.24) is 9.29 Å². The lowest BCUT2D eigenvalue weighted by Gasteiger charge is -2.21. The second-order valence-electron chi connectivity index (χ2n) is 5.57. The molecule has 0 amide bonds. The SMILES string of the molecule is O=S(=O)(CCc1ccccc1)N(CCc1nccs1)C1CC1. The van der Waals surface area contributed by atoms with Crippen LogP contribution in [0.15, 0.2) is 41.9 Å². The van der Waals surface area contributed by atoms with Gasteiger partial charge in [0.15, 0.2) is 0 Å². The van der Waals surface area contributed by atoms with E-state index in [-0.39, 0.29) is 11.8 Å². The summed E-state index contributed by atoms with van der Waals surface area (Å²) in [7, 11) is -3.20. The minimum Gasteiger partial charge on any atom is -0.250 e. The molecule has 2 aromatic rings. The molecule has 0 atom stereocenters. The van der Waals surface area contributed by atoms with Crippen LogP contribution >= 0.6 is 11.3 Å². The van der Waals surface area contributed by atoms with Crippen molar-refractivity contribution in [2.24, 2.45) is 0 Å². The van der Waals surface area contributed by atoms with Gasteiger partial charge in [0.25, 0.3) is 0 Å². The molecule has 1 saturated carbocycles. The summed E-state index contributed by atoms with van der Waals surface area (Å²) in [5.41, 5.74) is 1.07. The van der Waals surface area contributed by atoms with Crippen LogP contribution in [0.2, 0.25) is 0 Å². The number of nitrogens with zero attached hydrogens (tertiary/aromatic N) is 2. The monoisotopic (exact) mass is 336 g/mol. The van der Waals surface area contributed by atoms with E-state index in [2.05, 4.69) is 4.98 Å². The first kappa shape index (κ1) is 15.6. The van der Waals surface area contributed by atoms with Crippen LogP contribution in [0.5, 0.6) is 0 Å². The molecule has 0 spiro atoms. The maximum Gasteiger partial charge on any atom is 0.214 e. The van der Waals surface area contributed by atoms with Crippen molar-refractivity contribution in [3.63, 3.8) is 0 Å². The molecule has 1 aromatic heterocycles. The maximum absolute atomic E-state index is 12.7. The third-order valence-electron chi connectivity index (χ3n) is 3.83. The Morgan fingerprint density at radius 1 is 1.18 bits per heavy atom. The van der Waals surface area contributed by atoms with Crippen LogP contribution in [0.1, 0.15) is 23.4 Å². The highest BCUT2D eigenvalue weighted by Gasteiger charge is 2.36. The minimum atomic E-state index is -3.20. The minimum absolute atomic E-state index is 0.186. The lowest BCUT2D eigenvalue weighted by atomic mass is 10.2. The van der Waals surface area contributed by atoms with Gasteiger partial charge >= 0.3 is 0 Å². The van der Waals surface area contributed by atoms with Crippen molar-refractivity contribution in [3.05, 3.63) is 52.5 Å². The molecule has 1 heterocycles. The number of sulfonamides is 1. The van der Waals surface area contributed by atoms with Crippen molar-refractivity contribution in [3.8, 4) is 0 Å². The van der Waals surface area contributed by atoms with Crippen LogP contribution < -0.4 is 0 Å². The first-order valence-electron chi connectivity index (χ1n) is 7.57. The molecule has 0 N–H and O–H groups in total. The summed E-state index contributed by atoms with van der Waals surface area (Å²) in [6.07, 6.45) is 5.03. The first-order chi connectivity index (χ1) is 10.6. The zero-order chi connectivity index (χ0) is 15.4.